The summed E-state index contributed by atoms with van der Waals surface area (Å²) in [6, 6.07) is 0. The van der Waals surface area contributed by atoms with Crippen molar-refractivity contribution in [2.75, 3.05) is 13.1 Å². The van der Waals surface area contributed by atoms with Gasteiger partial charge < -0.3 is 15.0 Å². The Balaban J connectivity index is 1.79. The number of nitrogens with zero attached hydrogens (tertiary/aromatic N) is 2. The van der Waals surface area contributed by atoms with Crippen molar-refractivity contribution >= 4 is 11.9 Å². The number of carbonyl (C=O) groups excluding carboxylic acids is 1. The Labute approximate surface area is 105 Å². The lowest BCUT2D eigenvalue weighted by molar-refractivity contribution is -0.138. The summed E-state index contributed by atoms with van der Waals surface area (Å²) in [4.78, 5) is 31.1. The molecule has 2 N–H and O–H groups in total. The Hall–Kier alpha value is -1.85. The first kappa shape index (κ1) is 12.6. The highest BCUT2D eigenvalue weighted by molar-refractivity contribution is 5.78. The highest BCUT2D eigenvalue weighted by Crippen LogP contribution is 2.20. The molecule has 0 unspecified atom stereocenters. The van der Waals surface area contributed by atoms with E-state index < -0.39 is 5.97 Å². The van der Waals surface area contributed by atoms with Crippen LogP contribution in [0, 0.1) is 5.92 Å². The third-order valence-electron chi connectivity index (χ3n) is 3.33. The number of rotatable bonds is 4. The summed E-state index contributed by atoms with van der Waals surface area (Å²) in [6.07, 6.45) is 5.31. The third-order valence-corrected chi connectivity index (χ3v) is 3.33. The minimum atomic E-state index is -0.753. The predicted molar refractivity (Wildman–Crippen MR) is 63.8 cm³/mol. The molecule has 2 rings (SSSR count). The summed E-state index contributed by atoms with van der Waals surface area (Å²) in [7, 11) is 0. The zero-order valence-corrected chi connectivity index (χ0v) is 10.1. The lowest BCUT2D eigenvalue weighted by Crippen LogP contribution is -2.39. The van der Waals surface area contributed by atoms with Gasteiger partial charge >= 0.3 is 5.97 Å². The maximum atomic E-state index is 12.0. The number of aliphatic carboxylic acids is 1. The minimum Gasteiger partial charge on any atom is -0.481 e. The van der Waals surface area contributed by atoms with Crippen LogP contribution >= 0.6 is 0 Å². The second-order valence-corrected chi connectivity index (χ2v) is 4.68. The zero-order chi connectivity index (χ0) is 13.0. The number of likely N-dealkylation sites (tertiary alicyclic amines) is 1. The van der Waals surface area contributed by atoms with Crippen molar-refractivity contribution in [1.82, 2.24) is 14.9 Å². The Morgan fingerprint density at radius 1 is 1.44 bits per heavy atom. The smallest absolute Gasteiger partial charge is 0.303 e. The van der Waals surface area contributed by atoms with Gasteiger partial charge in [-0.05, 0) is 18.8 Å². The number of aromatic nitrogens is 2. The van der Waals surface area contributed by atoms with Crippen molar-refractivity contribution < 1.29 is 14.7 Å². The second kappa shape index (κ2) is 5.66. The fourth-order valence-corrected chi connectivity index (χ4v) is 2.29. The van der Waals surface area contributed by atoms with Gasteiger partial charge in [-0.15, -0.1) is 0 Å². The summed E-state index contributed by atoms with van der Waals surface area (Å²) < 4.78 is 0. The van der Waals surface area contributed by atoms with Crippen LogP contribution in [-0.4, -0.2) is 44.9 Å². The zero-order valence-electron chi connectivity index (χ0n) is 10.1. The van der Waals surface area contributed by atoms with Gasteiger partial charge in [-0.3, -0.25) is 9.59 Å². The van der Waals surface area contributed by atoms with Gasteiger partial charge in [0, 0.05) is 31.4 Å². The van der Waals surface area contributed by atoms with Crippen molar-refractivity contribution in [2.45, 2.75) is 25.7 Å². The number of carboxylic acid groups (broad SMARTS) is 1. The fourth-order valence-electron chi connectivity index (χ4n) is 2.29. The standard InChI is InChI=1S/C12H17N3O3/c16-11(6-10-7-13-8-14-10)15-3-1-9(2-4-15)5-12(17)18/h7-9H,1-6H2,(H,13,14)(H,17,18). The Bertz CT molecular complexity index is 408. The van der Waals surface area contributed by atoms with Crippen molar-refractivity contribution in [2.24, 2.45) is 5.92 Å². The van der Waals surface area contributed by atoms with E-state index in [0.717, 1.165) is 18.5 Å². The normalized spacial score (nSPS) is 16.8. The molecule has 6 heteroatoms. The summed E-state index contributed by atoms with van der Waals surface area (Å²) in [5.74, 6) is -0.469. The van der Waals surface area contributed by atoms with Crippen LogP contribution < -0.4 is 0 Å². The number of H-pyrrole nitrogens is 1. The molecule has 0 aromatic carbocycles. The van der Waals surface area contributed by atoms with Gasteiger partial charge in [0.15, 0.2) is 0 Å². The molecule has 1 amide bonds. The SMILES string of the molecule is O=C(O)CC1CCN(C(=O)Cc2cnc[nH]2)CC1. The third kappa shape index (κ3) is 3.32. The molecule has 1 fully saturated rings. The molecule has 0 spiro atoms. The molecule has 1 aromatic heterocycles. The predicted octanol–water partition coefficient (Wildman–Crippen LogP) is 0.665. The quantitative estimate of drug-likeness (QED) is 0.823. The largest absolute Gasteiger partial charge is 0.481 e. The fraction of sp³-hybridized carbons (Fsp3) is 0.583. The van der Waals surface area contributed by atoms with E-state index in [0.29, 0.717) is 19.5 Å². The van der Waals surface area contributed by atoms with Gasteiger partial charge in [0.25, 0.3) is 0 Å². The number of carboxylic acids is 1. The van der Waals surface area contributed by atoms with Crippen LogP contribution in [0.5, 0.6) is 0 Å². The molecule has 1 aliphatic rings. The molecular weight excluding hydrogens is 234 g/mol. The number of nitrogens with one attached hydrogen (secondary N) is 1. The molecule has 2 heterocycles. The lowest BCUT2D eigenvalue weighted by atomic mass is 9.93. The number of aromatic amines is 1. The summed E-state index contributed by atoms with van der Waals surface area (Å²) in [6.45, 7) is 1.32. The van der Waals surface area contributed by atoms with E-state index in [1.165, 1.54) is 0 Å². The number of hydrogen-bond donors (Lipinski definition) is 2. The van der Waals surface area contributed by atoms with Crippen molar-refractivity contribution in [3.8, 4) is 0 Å². The molecule has 1 aliphatic heterocycles. The molecule has 0 aliphatic carbocycles. The van der Waals surface area contributed by atoms with Crippen LogP contribution in [0.25, 0.3) is 0 Å². The van der Waals surface area contributed by atoms with Gasteiger partial charge in [-0.2, -0.15) is 0 Å². The van der Waals surface area contributed by atoms with Gasteiger partial charge in [0.2, 0.25) is 5.91 Å². The Morgan fingerprint density at radius 2 is 2.17 bits per heavy atom. The Morgan fingerprint density at radius 3 is 2.72 bits per heavy atom. The van der Waals surface area contributed by atoms with Crippen LogP contribution in [0.15, 0.2) is 12.5 Å². The van der Waals surface area contributed by atoms with Crippen LogP contribution in [0.2, 0.25) is 0 Å². The van der Waals surface area contributed by atoms with E-state index in [1.54, 1.807) is 17.4 Å². The van der Waals surface area contributed by atoms with Crippen LogP contribution in [0.1, 0.15) is 25.0 Å². The summed E-state index contributed by atoms with van der Waals surface area (Å²) >= 11 is 0. The average molecular weight is 251 g/mol. The maximum absolute atomic E-state index is 12.0. The first-order chi connectivity index (χ1) is 8.65. The molecule has 98 valence electrons. The summed E-state index contributed by atoms with van der Waals surface area (Å²) in [5, 5.41) is 8.72. The molecular formula is C12H17N3O3. The van der Waals surface area contributed by atoms with Gasteiger partial charge in [-0.1, -0.05) is 0 Å². The van der Waals surface area contributed by atoms with E-state index >= 15 is 0 Å². The molecule has 0 saturated carbocycles. The molecule has 0 bridgehead atoms. The second-order valence-electron chi connectivity index (χ2n) is 4.68. The highest BCUT2D eigenvalue weighted by atomic mass is 16.4. The lowest BCUT2D eigenvalue weighted by Gasteiger charge is -2.31. The van der Waals surface area contributed by atoms with Gasteiger partial charge in [0.05, 0.1) is 12.7 Å². The van der Waals surface area contributed by atoms with E-state index in [9.17, 15) is 9.59 Å². The van der Waals surface area contributed by atoms with E-state index in [4.69, 9.17) is 5.11 Å². The molecule has 6 nitrogen and oxygen atoms in total. The van der Waals surface area contributed by atoms with E-state index in [-0.39, 0.29) is 18.2 Å². The van der Waals surface area contributed by atoms with Crippen molar-refractivity contribution in [3.63, 3.8) is 0 Å². The number of piperidine rings is 1. The van der Waals surface area contributed by atoms with Crippen LogP contribution in [-0.2, 0) is 16.0 Å². The molecule has 18 heavy (non-hydrogen) atoms. The van der Waals surface area contributed by atoms with E-state index in [2.05, 4.69) is 9.97 Å². The molecule has 1 aromatic rings. The first-order valence-corrected chi connectivity index (χ1v) is 6.12. The molecule has 0 radical (unpaired) electrons. The summed E-state index contributed by atoms with van der Waals surface area (Å²) in [5.41, 5.74) is 0.813. The van der Waals surface area contributed by atoms with Crippen molar-refractivity contribution in [1.29, 1.82) is 0 Å². The number of imidazole rings is 1. The Kier molecular flexibility index (Phi) is 3.96. The maximum Gasteiger partial charge on any atom is 0.303 e. The topological polar surface area (TPSA) is 86.3 Å². The first-order valence-electron chi connectivity index (χ1n) is 6.12. The monoisotopic (exact) mass is 251 g/mol. The van der Waals surface area contributed by atoms with E-state index in [1.807, 2.05) is 0 Å². The number of amides is 1. The van der Waals surface area contributed by atoms with Crippen molar-refractivity contribution in [3.05, 3.63) is 18.2 Å². The molecule has 1 saturated heterocycles. The molecule has 0 atom stereocenters. The highest BCUT2D eigenvalue weighted by Gasteiger charge is 2.24. The average Bonchev–Trinajstić information content (AvgIpc) is 2.82. The van der Waals surface area contributed by atoms with Gasteiger partial charge in [-0.25, -0.2) is 4.98 Å². The number of hydrogen-bond acceptors (Lipinski definition) is 3. The van der Waals surface area contributed by atoms with Crippen LogP contribution in [0.3, 0.4) is 0 Å². The van der Waals surface area contributed by atoms with Gasteiger partial charge in [0.1, 0.15) is 0 Å². The minimum absolute atomic E-state index is 0.0769. The van der Waals surface area contributed by atoms with Crippen LogP contribution in [0.4, 0.5) is 0 Å². The number of carbonyl (C=O) groups is 2.